The van der Waals surface area contributed by atoms with Crippen LogP contribution in [0.15, 0.2) is 89.0 Å². The van der Waals surface area contributed by atoms with Crippen LogP contribution in [0.3, 0.4) is 0 Å². The highest BCUT2D eigenvalue weighted by molar-refractivity contribution is 8.15. The summed E-state index contributed by atoms with van der Waals surface area (Å²) in [5.41, 5.74) is 5.02. The van der Waals surface area contributed by atoms with Crippen LogP contribution in [-0.2, 0) is 16.0 Å². The Labute approximate surface area is 220 Å². The van der Waals surface area contributed by atoms with E-state index in [1.165, 1.54) is 17.3 Å². The van der Waals surface area contributed by atoms with Crippen LogP contribution >= 0.6 is 11.8 Å². The van der Waals surface area contributed by atoms with Gasteiger partial charge in [0.15, 0.2) is 5.17 Å². The number of amidine groups is 1. The third kappa shape index (κ3) is 5.59. The molecule has 7 nitrogen and oxygen atoms in total. The van der Waals surface area contributed by atoms with Gasteiger partial charge in [-0.2, -0.15) is 10.1 Å². The molecular weight excluding hydrogens is 484 g/mol. The van der Waals surface area contributed by atoms with Crippen LogP contribution in [0.4, 0.5) is 5.69 Å². The Kier molecular flexibility index (Phi) is 7.37. The molecule has 0 saturated carbocycles. The fourth-order valence-corrected chi connectivity index (χ4v) is 5.45. The number of amides is 2. The topological polar surface area (TPSA) is 83.4 Å². The number of carbonyl (C=O) groups is 2. The lowest BCUT2D eigenvalue weighted by Gasteiger charge is -2.23. The minimum absolute atomic E-state index is 0.0293. The minimum atomic E-state index is -0.590. The summed E-state index contributed by atoms with van der Waals surface area (Å²) in [6.45, 7) is 2.13. The number of aliphatic imine (C=N–C) groups is 1. The Morgan fingerprint density at radius 3 is 2.46 bits per heavy atom. The number of nitrogens with zero attached hydrogens (tertiary/aromatic N) is 3. The number of hydrazone groups is 1. The zero-order valence-electron chi connectivity index (χ0n) is 20.8. The predicted octanol–water partition coefficient (Wildman–Crippen LogP) is 5.44. The molecule has 3 aromatic rings. The van der Waals surface area contributed by atoms with E-state index in [-0.39, 0.29) is 24.3 Å². The number of nitrogens with one attached hydrogen (secondary N) is 1. The number of hydrogen-bond donors (Lipinski definition) is 1. The second kappa shape index (κ2) is 11.0. The lowest BCUT2D eigenvalue weighted by atomic mass is 9.97. The molecule has 2 aliphatic heterocycles. The molecule has 0 fully saturated rings. The first kappa shape index (κ1) is 24.8. The van der Waals surface area contributed by atoms with Gasteiger partial charge < -0.3 is 10.1 Å². The second-order valence-electron chi connectivity index (χ2n) is 8.89. The molecule has 0 unspecified atom stereocenters. The van der Waals surface area contributed by atoms with Crippen molar-refractivity contribution in [3.05, 3.63) is 95.6 Å². The smallest absolute Gasteiger partial charge is 0.262 e. The molecule has 188 valence electrons. The van der Waals surface area contributed by atoms with E-state index in [0.717, 1.165) is 23.3 Å². The molecule has 0 spiro atoms. The highest BCUT2D eigenvalue weighted by Gasteiger charge is 2.39. The van der Waals surface area contributed by atoms with Crippen molar-refractivity contribution >= 4 is 40.1 Å². The van der Waals surface area contributed by atoms with Crippen LogP contribution < -0.4 is 10.1 Å². The maximum absolute atomic E-state index is 12.8. The van der Waals surface area contributed by atoms with Crippen LogP contribution in [0.5, 0.6) is 5.75 Å². The van der Waals surface area contributed by atoms with Gasteiger partial charge in [-0.05, 0) is 47.4 Å². The fourth-order valence-electron chi connectivity index (χ4n) is 4.39. The van der Waals surface area contributed by atoms with E-state index in [9.17, 15) is 9.59 Å². The van der Waals surface area contributed by atoms with Gasteiger partial charge in [0.1, 0.15) is 11.0 Å². The molecule has 3 aromatic carbocycles. The van der Waals surface area contributed by atoms with Gasteiger partial charge in [0.05, 0.1) is 18.9 Å². The number of anilines is 1. The number of carbonyl (C=O) groups excluding carboxylic acids is 2. The van der Waals surface area contributed by atoms with Crippen molar-refractivity contribution in [2.24, 2.45) is 10.1 Å². The SMILES string of the molecule is CCc1ccc([C@H]2CC(c3ccccc3)=NN2C2=NC(=O)[C@H](CC(=O)Nc3ccc(OC)cc3)S2)cc1. The Hall–Kier alpha value is -3.91. The maximum atomic E-state index is 12.8. The van der Waals surface area contributed by atoms with Crippen molar-refractivity contribution in [1.29, 1.82) is 0 Å². The van der Waals surface area contributed by atoms with E-state index in [0.29, 0.717) is 23.0 Å². The molecule has 0 bridgehead atoms. The summed E-state index contributed by atoms with van der Waals surface area (Å²) in [7, 11) is 1.59. The monoisotopic (exact) mass is 512 g/mol. The number of methoxy groups -OCH3 is 1. The number of benzene rings is 3. The molecule has 0 saturated heterocycles. The Balaban J connectivity index is 1.32. The standard InChI is InChI=1S/C29H28N4O3S/c1-3-19-9-11-21(12-10-19)25-17-24(20-7-5-4-6-8-20)32-33(25)29-31-28(35)26(37-29)18-27(34)30-22-13-15-23(36-2)16-14-22/h4-16,25-26H,3,17-18H2,1-2H3,(H,30,34)/t25-,26+/m1/s1. The Bertz CT molecular complexity index is 1340. The summed E-state index contributed by atoms with van der Waals surface area (Å²) in [6.07, 6.45) is 1.70. The average molecular weight is 513 g/mol. The third-order valence-corrected chi connectivity index (χ3v) is 7.60. The summed E-state index contributed by atoms with van der Waals surface area (Å²) >= 11 is 1.30. The van der Waals surface area contributed by atoms with E-state index in [2.05, 4.69) is 41.5 Å². The molecule has 0 aromatic heterocycles. The van der Waals surface area contributed by atoms with Crippen LogP contribution in [0, 0.1) is 0 Å². The van der Waals surface area contributed by atoms with Crippen molar-refractivity contribution in [1.82, 2.24) is 5.01 Å². The molecule has 37 heavy (non-hydrogen) atoms. The zero-order chi connectivity index (χ0) is 25.8. The number of rotatable bonds is 7. The molecule has 8 heteroatoms. The maximum Gasteiger partial charge on any atom is 0.262 e. The van der Waals surface area contributed by atoms with Gasteiger partial charge in [0.2, 0.25) is 5.91 Å². The van der Waals surface area contributed by atoms with Crippen molar-refractivity contribution in [2.45, 2.75) is 37.5 Å². The number of aryl methyl sites for hydroxylation is 1. The van der Waals surface area contributed by atoms with Gasteiger partial charge in [-0.25, -0.2) is 5.01 Å². The quantitative estimate of drug-likeness (QED) is 0.456. The lowest BCUT2D eigenvalue weighted by Crippen LogP contribution is -2.25. The molecule has 0 aliphatic carbocycles. The molecule has 2 aliphatic rings. The van der Waals surface area contributed by atoms with E-state index in [1.807, 2.05) is 35.3 Å². The van der Waals surface area contributed by atoms with Crippen LogP contribution in [0.25, 0.3) is 0 Å². The molecule has 2 amide bonds. The molecular formula is C29H28N4O3S. The van der Waals surface area contributed by atoms with E-state index in [1.54, 1.807) is 31.4 Å². The Morgan fingerprint density at radius 2 is 1.78 bits per heavy atom. The van der Waals surface area contributed by atoms with Crippen molar-refractivity contribution in [2.75, 3.05) is 12.4 Å². The zero-order valence-corrected chi connectivity index (χ0v) is 21.6. The predicted molar refractivity (Wildman–Crippen MR) is 148 cm³/mol. The van der Waals surface area contributed by atoms with E-state index in [4.69, 9.17) is 9.84 Å². The molecule has 5 rings (SSSR count). The number of thioether (sulfide) groups is 1. The molecule has 0 radical (unpaired) electrons. The van der Waals surface area contributed by atoms with Crippen molar-refractivity contribution < 1.29 is 14.3 Å². The first-order valence-corrected chi connectivity index (χ1v) is 13.2. The van der Waals surface area contributed by atoms with Crippen molar-refractivity contribution in [3.8, 4) is 5.75 Å². The van der Waals surface area contributed by atoms with Gasteiger partial charge in [0.25, 0.3) is 5.91 Å². The van der Waals surface area contributed by atoms with Gasteiger partial charge in [-0.15, -0.1) is 0 Å². The summed E-state index contributed by atoms with van der Waals surface area (Å²) < 4.78 is 5.15. The van der Waals surface area contributed by atoms with Gasteiger partial charge in [-0.1, -0.05) is 73.3 Å². The van der Waals surface area contributed by atoms with E-state index >= 15 is 0 Å². The van der Waals surface area contributed by atoms with Gasteiger partial charge >= 0.3 is 0 Å². The molecule has 1 N–H and O–H groups in total. The van der Waals surface area contributed by atoms with Crippen molar-refractivity contribution in [3.63, 3.8) is 0 Å². The highest BCUT2D eigenvalue weighted by atomic mass is 32.2. The van der Waals surface area contributed by atoms with Crippen LogP contribution in [0.1, 0.15) is 42.5 Å². The summed E-state index contributed by atoms with van der Waals surface area (Å²) in [4.78, 5) is 29.8. The third-order valence-electron chi connectivity index (χ3n) is 6.46. The van der Waals surface area contributed by atoms with Gasteiger partial charge in [-0.3, -0.25) is 9.59 Å². The van der Waals surface area contributed by atoms with Gasteiger partial charge in [0, 0.05) is 18.5 Å². The first-order valence-electron chi connectivity index (χ1n) is 12.3. The second-order valence-corrected chi connectivity index (χ2v) is 10.1. The van der Waals surface area contributed by atoms with E-state index < -0.39 is 5.25 Å². The number of ether oxygens (including phenoxy) is 1. The fraction of sp³-hybridized carbons (Fsp3) is 0.241. The summed E-state index contributed by atoms with van der Waals surface area (Å²) in [5.74, 6) is 0.153. The molecule has 2 atom stereocenters. The summed E-state index contributed by atoms with van der Waals surface area (Å²) in [5, 5.41) is 9.55. The lowest BCUT2D eigenvalue weighted by molar-refractivity contribution is -0.121. The van der Waals surface area contributed by atoms with Crippen LogP contribution in [0.2, 0.25) is 0 Å². The summed E-state index contributed by atoms with van der Waals surface area (Å²) in [6, 6.07) is 25.6. The normalized spacial score (nSPS) is 19.0. The Morgan fingerprint density at radius 1 is 1.05 bits per heavy atom. The first-order chi connectivity index (χ1) is 18.0. The highest BCUT2D eigenvalue weighted by Crippen LogP contribution is 2.38. The average Bonchev–Trinajstić information content (AvgIpc) is 3.53. The number of hydrogen-bond acceptors (Lipinski definition) is 6. The minimum Gasteiger partial charge on any atom is -0.497 e. The largest absolute Gasteiger partial charge is 0.497 e. The van der Waals surface area contributed by atoms with Crippen LogP contribution in [-0.4, -0.2) is 40.1 Å². The molecule has 2 heterocycles.